The molecule has 188 valence electrons. The van der Waals surface area contributed by atoms with Crippen molar-refractivity contribution in [3.05, 3.63) is 0 Å². The normalized spacial score (nSPS) is 11.6. The van der Waals surface area contributed by atoms with Crippen LogP contribution >= 0.6 is 0 Å². The van der Waals surface area contributed by atoms with Gasteiger partial charge in [-0.25, -0.2) is 9.59 Å². The first kappa shape index (κ1) is 30.2. The Morgan fingerprint density at radius 3 is 1.53 bits per heavy atom. The second-order valence-corrected chi connectivity index (χ2v) is 8.72. The van der Waals surface area contributed by atoms with Gasteiger partial charge in [-0.2, -0.15) is 0 Å². The summed E-state index contributed by atoms with van der Waals surface area (Å²) in [5.41, 5.74) is 0. The molecular weight excluding hydrogens is 406 g/mol. The molecule has 0 radical (unpaired) electrons. The molecule has 0 saturated heterocycles. The zero-order valence-electron chi connectivity index (χ0n) is 20.9. The SMILES string of the molecule is CCCCCCCCCCCCCCCCCCNC(=O)NC(CNC(C)=O)C(=O)OC. The van der Waals surface area contributed by atoms with E-state index in [1.54, 1.807) is 0 Å². The van der Waals surface area contributed by atoms with Crippen molar-refractivity contribution < 1.29 is 19.1 Å². The number of esters is 1. The highest BCUT2D eigenvalue weighted by Gasteiger charge is 2.21. The average Bonchev–Trinajstić information content (AvgIpc) is 2.78. The topological polar surface area (TPSA) is 96.5 Å². The number of ether oxygens (including phenoxy) is 1. The maximum atomic E-state index is 11.9. The van der Waals surface area contributed by atoms with Crippen LogP contribution in [-0.2, 0) is 14.3 Å². The Bertz CT molecular complexity index is 486. The molecule has 0 saturated carbocycles. The van der Waals surface area contributed by atoms with Crippen LogP contribution in [0.25, 0.3) is 0 Å². The molecule has 0 aromatic rings. The van der Waals surface area contributed by atoms with Crippen molar-refractivity contribution >= 4 is 17.9 Å². The standard InChI is InChI=1S/C25H49N3O4/c1-4-5-6-7-8-9-10-11-12-13-14-15-16-17-18-19-20-26-25(31)28-23(24(30)32-3)21-27-22(2)29/h23H,4-21H2,1-3H3,(H,27,29)(H2,26,28,31). The van der Waals surface area contributed by atoms with Crippen LogP contribution in [-0.4, -0.2) is 44.1 Å². The maximum Gasteiger partial charge on any atom is 0.330 e. The lowest BCUT2D eigenvalue weighted by atomic mass is 10.0. The van der Waals surface area contributed by atoms with Crippen LogP contribution in [0.5, 0.6) is 0 Å². The number of carbonyl (C=O) groups is 3. The van der Waals surface area contributed by atoms with Crippen molar-refractivity contribution in [3.63, 3.8) is 0 Å². The van der Waals surface area contributed by atoms with Gasteiger partial charge in [0.25, 0.3) is 0 Å². The lowest BCUT2D eigenvalue weighted by Crippen LogP contribution is -2.51. The molecule has 3 amide bonds. The molecule has 1 unspecified atom stereocenters. The third-order valence-electron chi connectivity index (χ3n) is 5.66. The number of methoxy groups -OCH3 is 1. The number of hydrogen-bond acceptors (Lipinski definition) is 4. The molecule has 3 N–H and O–H groups in total. The molecule has 0 rings (SSSR count). The van der Waals surface area contributed by atoms with E-state index in [0.717, 1.165) is 12.8 Å². The van der Waals surface area contributed by atoms with Gasteiger partial charge >= 0.3 is 12.0 Å². The lowest BCUT2D eigenvalue weighted by Gasteiger charge is -2.17. The first-order valence-corrected chi connectivity index (χ1v) is 12.9. The van der Waals surface area contributed by atoms with Crippen LogP contribution in [0.15, 0.2) is 0 Å². The van der Waals surface area contributed by atoms with Crippen molar-refractivity contribution in [1.29, 1.82) is 0 Å². The Balaban J connectivity index is 3.49. The second kappa shape index (κ2) is 22.4. The van der Waals surface area contributed by atoms with Crippen LogP contribution in [0.1, 0.15) is 117 Å². The molecule has 1 atom stereocenters. The molecule has 0 aliphatic rings. The highest BCUT2D eigenvalue weighted by molar-refractivity contribution is 5.84. The summed E-state index contributed by atoms with van der Waals surface area (Å²) in [6, 6.07) is -1.32. The van der Waals surface area contributed by atoms with E-state index in [1.165, 1.54) is 104 Å². The molecule has 0 bridgehead atoms. The first-order chi connectivity index (χ1) is 15.5. The van der Waals surface area contributed by atoms with Crippen molar-refractivity contribution in [1.82, 2.24) is 16.0 Å². The van der Waals surface area contributed by atoms with E-state index in [0.29, 0.717) is 6.54 Å². The van der Waals surface area contributed by atoms with Crippen LogP contribution < -0.4 is 16.0 Å². The van der Waals surface area contributed by atoms with Crippen LogP contribution in [0.2, 0.25) is 0 Å². The summed E-state index contributed by atoms with van der Waals surface area (Å²) in [5, 5.41) is 7.81. The molecule has 0 fully saturated rings. The zero-order valence-corrected chi connectivity index (χ0v) is 20.9. The third-order valence-corrected chi connectivity index (χ3v) is 5.66. The van der Waals surface area contributed by atoms with Gasteiger partial charge in [0, 0.05) is 20.0 Å². The van der Waals surface area contributed by atoms with Gasteiger partial charge in [0.05, 0.1) is 7.11 Å². The zero-order chi connectivity index (χ0) is 23.9. The number of unbranched alkanes of at least 4 members (excludes halogenated alkanes) is 15. The quantitative estimate of drug-likeness (QED) is 0.163. The molecule has 7 nitrogen and oxygen atoms in total. The minimum atomic E-state index is -0.894. The largest absolute Gasteiger partial charge is 0.467 e. The summed E-state index contributed by atoms with van der Waals surface area (Å²) in [7, 11) is 1.25. The Hall–Kier alpha value is -1.79. The van der Waals surface area contributed by atoms with E-state index < -0.39 is 18.0 Å². The van der Waals surface area contributed by atoms with E-state index in [2.05, 4.69) is 27.6 Å². The number of rotatable bonds is 21. The van der Waals surface area contributed by atoms with Crippen LogP contribution in [0.4, 0.5) is 4.79 Å². The Kier molecular flexibility index (Phi) is 21.2. The Labute approximate surface area is 196 Å². The van der Waals surface area contributed by atoms with E-state index in [-0.39, 0.29) is 12.5 Å². The number of hydrogen-bond donors (Lipinski definition) is 3. The number of amides is 3. The fourth-order valence-corrected chi connectivity index (χ4v) is 3.67. The highest BCUT2D eigenvalue weighted by Crippen LogP contribution is 2.13. The monoisotopic (exact) mass is 455 g/mol. The predicted octanol–water partition coefficient (Wildman–Crippen LogP) is 5.22. The van der Waals surface area contributed by atoms with Gasteiger partial charge < -0.3 is 20.7 Å². The molecule has 0 aromatic heterocycles. The summed E-state index contributed by atoms with van der Waals surface area (Å²) >= 11 is 0. The molecular formula is C25H49N3O4. The van der Waals surface area contributed by atoms with E-state index in [4.69, 9.17) is 0 Å². The van der Waals surface area contributed by atoms with Crippen LogP contribution in [0.3, 0.4) is 0 Å². The van der Waals surface area contributed by atoms with E-state index in [1.807, 2.05) is 0 Å². The summed E-state index contributed by atoms with van der Waals surface area (Å²) in [6.07, 6.45) is 21.0. The molecule has 0 heterocycles. The average molecular weight is 456 g/mol. The van der Waals surface area contributed by atoms with Gasteiger partial charge in [-0.3, -0.25) is 4.79 Å². The van der Waals surface area contributed by atoms with Crippen LogP contribution in [0, 0.1) is 0 Å². The predicted molar refractivity (Wildman–Crippen MR) is 131 cm³/mol. The summed E-state index contributed by atoms with van der Waals surface area (Å²) in [6.45, 7) is 4.20. The van der Waals surface area contributed by atoms with Gasteiger partial charge in [-0.1, -0.05) is 103 Å². The Morgan fingerprint density at radius 1 is 0.688 bits per heavy atom. The van der Waals surface area contributed by atoms with Gasteiger partial charge in [-0.05, 0) is 6.42 Å². The molecule has 0 aromatic carbocycles. The first-order valence-electron chi connectivity index (χ1n) is 12.9. The van der Waals surface area contributed by atoms with Gasteiger partial charge in [-0.15, -0.1) is 0 Å². The fourth-order valence-electron chi connectivity index (χ4n) is 3.67. The summed E-state index contributed by atoms with van der Waals surface area (Å²) < 4.78 is 4.65. The molecule has 0 spiro atoms. The summed E-state index contributed by atoms with van der Waals surface area (Å²) in [5.74, 6) is -0.856. The van der Waals surface area contributed by atoms with Gasteiger partial charge in [0.2, 0.25) is 5.91 Å². The number of urea groups is 1. The van der Waals surface area contributed by atoms with Gasteiger partial charge in [0.1, 0.15) is 6.04 Å². The van der Waals surface area contributed by atoms with E-state index in [9.17, 15) is 14.4 Å². The minimum absolute atomic E-state index is 0.00841. The fraction of sp³-hybridized carbons (Fsp3) is 0.880. The molecule has 0 aliphatic carbocycles. The lowest BCUT2D eigenvalue weighted by molar-refractivity contribution is -0.142. The number of carbonyl (C=O) groups excluding carboxylic acids is 3. The minimum Gasteiger partial charge on any atom is -0.467 e. The van der Waals surface area contributed by atoms with Crippen molar-refractivity contribution in [2.45, 2.75) is 123 Å². The maximum absolute atomic E-state index is 11.9. The molecule has 7 heteroatoms. The third kappa shape index (κ3) is 20.1. The van der Waals surface area contributed by atoms with Crippen molar-refractivity contribution in [2.24, 2.45) is 0 Å². The second-order valence-electron chi connectivity index (χ2n) is 8.72. The highest BCUT2D eigenvalue weighted by atomic mass is 16.5. The van der Waals surface area contributed by atoms with Crippen molar-refractivity contribution in [2.75, 3.05) is 20.2 Å². The Morgan fingerprint density at radius 2 is 1.12 bits per heavy atom. The number of nitrogens with one attached hydrogen (secondary N) is 3. The van der Waals surface area contributed by atoms with Crippen molar-refractivity contribution in [3.8, 4) is 0 Å². The molecule has 32 heavy (non-hydrogen) atoms. The smallest absolute Gasteiger partial charge is 0.330 e. The van der Waals surface area contributed by atoms with Gasteiger partial charge in [0.15, 0.2) is 0 Å². The van der Waals surface area contributed by atoms with E-state index >= 15 is 0 Å². The summed E-state index contributed by atoms with van der Waals surface area (Å²) in [4.78, 5) is 34.6. The molecule has 0 aliphatic heterocycles.